The maximum Gasteiger partial charge on any atom is -0.147 e. The minimum absolute atomic E-state index is 0. The van der Waals surface area contributed by atoms with Crippen LogP contribution in [0.25, 0.3) is 0 Å². The second-order valence-electron chi connectivity index (χ2n) is 7.78. The zero-order valence-corrected chi connectivity index (χ0v) is 15.3. The molecule has 0 aromatic carbocycles. The Morgan fingerprint density at radius 3 is 1.69 bits per heavy atom. The second kappa shape index (κ2) is 5.37. The maximum atomic E-state index is 2.56. The van der Waals surface area contributed by atoms with E-state index in [0.717, 1.165) is 4.22 Å². The Morgan fingerprint density at radius 1 is 1.00 bits per heavy atom. The Hall–Kier alpha value is 1.06. The van der Waals surface area contributed by atoms with Gasteiger partial charge in [-0.1, -0.05) is 0 Å². The van der Waals surface area contributed by atoms with Crippen LogP contribution in [0.5, 0.6) is 0 Å². The molecule has 0 spiro atoms. The molecule has 4 heteroatoms. The van der Waals surface area contributed by atoms with Gasteiger partial charge in [0.15, 0.2) is 0 Å². The number of rotatable bonds is 2. The number of hydrogen-bond acceptors (Lipinski definition) is 0. The van der Waals surface area contributed by atoms with Gasteiger partial charge in [0.05, 0.1) is 0 Å². The fraction of sp³-hybridized carbons (Fsp3) is 0.667. The van der Waals surface area contributed by atoms with E-state index < -0.39 is 14.0 Å². The van der Waals surface area contributed by atoms with E-state index >= 15 is 0 Å². The van der Waals surface area contributed by atoms with E-state index in [-0.39, 0.29) is 37.2 Å². The van der Waals surface area contributed by atoms with E-state index in [1.165, 1.54) is 6.42 Å². The number of hydrogen-bond donors (Lipinski definition) is 0. The van der Waals surface area contributed by atoms with Gasteiger partial charge in [0.1, 0.15) is 0 Å². The summed E-state index contributed by atoms with van der Waals surface area (Å²) >= 11 is -2.81. The van der Waals surface area contributed by atoms with Gasteiger partial charge in [0.25, 0.3) is 0 Å². The summed E-state index contributed by atoms with van der Waals surface area (Å²) < 4.78 is 2.54. The van der Waals surface area contributed by atoms with Crippen LogP contribution >= 0.6 is 37.2 Å². The smallest absolute Gasteiger partial charge is 0.147 e. The van der Waals surface area contributed by atoms with Gasteiger partial charge in [0.2, 0.25) is 0 Å². The quantitative estimate of drug-likeness (QED) is 0.519. The van der Waals surface area contributed by atoms with Gasteiger partial charge in [-0.3, -0.25) is 0 Å². The van der Waals surface area contributed by atoms with Crippen LogP contribution in [0.15, 0.2) is 22.1 Å². The molecule has 0 N–H and O–H groups in total. The van der Waals surface area contributed by atoms with E-state index in [1.807, 2.05) is 0 Å². The molecule has 0 unspecified atom stereocenters. The minimum atomic E-state index is -2.81. The molecule has 1 aliphatic rings. The summed E-state index contributed by atoms with van der Waals surface area (Å²) in [5.74, 6) is 0. The van der Waals surface area contributed by atoms with Crippen molar-refractivity contribution in [2.75, 3.05) is 0 Å². The maximum absolute atomic E-state index is 2.81. The molecular weight excluding hydrogens is 298 g/mol. The molecule has 0 aliphatic heterocycles. The van der Waals surface area contributed by atoms with Crippen molar-refractivity contribution in [3.05, 3.63) is 22.1 Å². The van der Waals surface area contributed by atoms with Gasteiger partial charge in [-0.15, -0.1) is 37.2 Å². The monoisotopic (exact) mass is 324 g/mol. The molecule has 1 aliphatic carbocycles. The fourth-order valence-electron chi connectivity index (χ4n) is 1.67. The first kappa shape index (κ1) is 22.3. The van der Waals surface area contributed by atoms with Crippen LogP contribution in [-0.2, 0) is 14.0 Å². The first-order valence-corrected chi connectivity index (χ1v) is 13.3. The topological polar surface area (TPSA) is 0 Å². The average molecular weight is 326 g/mol. The Balaban J connectivity index is -0.000000563. The van der Waals surface area contributed by atoms with Gasteiger partial charge in [-0.2, -0.15) is 0 Å². The summed E-state index contributed by atoms with van der Waals surface area (Å²) in [6.07, 6.45) is 8.08. The van der Waals surface area contributed by atoms with Crippen LogP contribution < -0.4 is 0 Å². The average Bonchev–Trinajstić information content (AvgIpc) is 2.34. The van der Waals surface area contributed by atoms with Crippen LogP contribution in [0.4, 0.5) is 0 Å². The van der Waals surface area contributed by atoms with Crippen molar-refractivity contribution in [3.8, 4) is 0 Å². The summed E-state index contributed by atoms with van der Waals surface area (Å²) in [6, 6.07) is 0. The van der Waals surface area contributed by atoms with Gasteiger partial charge in [-0.05, 0) is 0 Å². The van der Waals surface area contributed by atoms with E-state index in [1.54, 1.807) is 3.88 Å². The third kappa shape index (κ3) is 3.78. The Morgan fingerprint density at radius 2 is 1.44 bits per heavy atom. The SMILES string of the molecule is C[CH](C)[Ti]([CH3])([CH3])([CH3])([CH3])[C]1=CC=CC1.Cl.Cl.Cl. The molecule has 100 valence electrons. The Labute approximate surface area is 118 Å². The molecule has 0 aromatic rings. The molecule has 0 nitrogen and oxygen atoms in total. The van der Waals surface area contributed by atoms with E-state index in [0.29, 0.717) is 0 Å². The summed E-state index contributed by atoms with van der Waals surface area (Å²) in [7, 11) is 0. The van der Waals surface area contributed by atoms with Crippen LogP contribution in [0.1, 0.15) is 20.3 Å². The second-order valence-corrected chi connectivity index (χ2v) is 27.1. The molecule has 1 rings (SSSR count). The summed E-state index contributed by atoms with van der Waals surface area (Å²) in [6.45, 7) is 4.79. The first-order chi connectivity index (χ1) is 5.58. The molecule has 0 radical (unpaired) electrons. The van der Waals surface area contributed by atoms with E-state index in [9.17, 15) is 0 Å². The van der Waals surface area contributed by atoms with Crippen molar-refractivity contribution >= 4 is 37.2 Å². The molecule has 0 aromatic heterocycles. The van der Waals surface area contributed by atoms with Crippen LogP contribution in [-0.4, -0.2) is 0 Å². The zero-order valence-electron chi connectivity index (χ0n) is 11.2. The number of allylic oxidation sites excluding steroid dienone is 4. The van der Waals surface area contributed by atoms with Crippen LogP contribution in [0, 0.1) is 0 Å². The molecule has 0 amide bonds. The zero-order chi connectivity index (χ0) is 10.4. The molecule has 0 atom stereocenters. The normalized spacial score (nSPS) is 18.6. The molecular formula is C12H27Cl3Ti. The molecule has 0 fully saturated rings. The standard InChI is InChI=1S/C5H5.C3H7.4CH3.3ClH.Ti/c1-2-4-5-3-1;1-3-2;;;;;;;;/h1-3H,4H2;3H,1-2H3;4*1H3;3*1H;. The van der Waals surface area contributed by atoms with Crippen molar-refractivity contribution < 1.29 is 14.0 Å². The third-order valence-electron chi connectivity index (χ3n) is 4.84. The summed E-state index contributed by atoms with van der Waals surface area (Å²) in [5, 5.41) is 10.2. The van der Waals surface area contributed by atoms with Crippen molar-refractivity contribution in [1.82, 2.24) is 0 Å². The van der Waals surface area contributed by atoms with Crippen molar-refractivity contribution in [3.63, 3.8) is 0 Å². The molecule has 16 heavy (non-hydrogen) atoms. The largest absolute Gasteiger partial charge is 0.147 e. The molecule has 0 saturated carbocycles. The van der Waals surface area contributed by atoms with Crippen LogP contribution in [0.2, 0.25) is 25.1 Å². The first-order valence-electron chi connectivity index (χ1n) is 5.41. The van der Waals surface area contributed by atoms with Gasteiger partial charge < -0.3 is 0 Å². The molecule has 0 heterocycles. The Kier molecular flexibility index (Phi) is 7.47. The van der Waals surface area contributed by atoms with Crippen molar-refractivity contribution in [1.29, 1.82) is 0 Å². The van der Waals surface area contributed by atoms with Gasteiger partial charge in [-0.25, -0.2) is 0 Å². The predicted octanol–water partition coefficient (Wildman–Crippen LogP) is 6.34. The third-order valence-corrected chi connectivity index (χ3v) is 18.1. The van der Waals surface area contributed by atoms with Crippen LogP contribution in [0.3, 0.4) is 0 Å². The molecule has 0 saturated heterocycles. The van der Waals surface area contributed by atoms with Crippen molar-refractivity contribution in [2.24, 2.45) is 0 Å². The van der Waals surface area contributed by atoms with Gasteiger partial charge >= 0.3 is 81.5 Å². The fourth-order valence-corrected chi connectivity index (χ4v) is 5.81. The number of halogens is 3. The van der Waals surface area contributed by atoms with Crippen molar-refractivity contribution in [2.45, 2.75) is 45.4 Å². The Bertz CT molecular complexity index is 293. The minimum Gasteiger partial charge on any atom is -0.147 e. The predicted molar refractivity (Wildman–Crippen MR) is 82.1 cm³/mol. The van der Waals surface area contributed by atoms with E-state index in [2.05, 4.69) is 53.0 Å². The van der Waals surface area contributed by atoms with E-state index in [4.69, 9.17) is 0 Å². The molecule has 0 bridgehead atoms. The summed E-state index contributed by atoms with van der Waals surface area (Å²) in [5.41, 5.74) is 0. The summed E-state index contributed by atoms with van der Waals surface area (Å²) in [4.78, 5) is 0. The van der Waals surface area contributed by atoms with Gasteiger partial charge in [0, 0.05) is 0 Å².